The van der Waals surface area contributed by atoms with Crippen LogP contribution in [0.5, 0.6) is 0 Å². The zero-order valence-electron chi connectivity index (χ0n) is 24.5. The summed E-state index contributed by atoms with van der Waals surface area (Å²) in [4.78, 5) is 0. The highest BCUT2D eigenvalue weighted by molar-refractivity contribution is 4.73. The molecule has 0 aliphatic carbocycles. The van der Waals surface area contributed by atoms with Gasteiger partial charge in [-0.05, 0) is 12.3 Å². The van der Waals surface area contributed by atoms with E-state index in [0.717, 1.165) is 32.1 Å². The fourth-order valence-electron chi connectivity index (χ4n) is 5.33. The zero-order chi connectivity index (χ0) is 25.9. The van der Waals surface area contributed by atoms with E-state index < -0.39 is 5.79 Å². The SMILES string of the molecule is CCCCCCCCCCCCCCCCCCCCOC(O)(CO)CC(CCC)CCCCC. The number of ether oxygens (including phenoxy) is 1. The molecule has 0 heterocycles. The van der Waals surface area contributed by atoms with E-state index in [2.05, 4.69) is 20.8 Å². The van der Waals surface area contributed by atoms with Crippen LogP contribution in [0.4, 0.5) is 0 Å². The van der Waals surface area contributed by atoms with Crippen LogP contribution in [-0.2, 0) is 4.74 Å². The summed E-state index contributed by atoms with van der Waals surface area (Å²) in [5.41, 5.74) is 0. The van der Waals surface area contributed by atoms with Crippen molar-refractivity contribution < 1.29 is 14.9 Å². The molecular weight excluding hydrogens is 432 g/mol. The van der Waals surface area contributed by atoms with Gasteiger partial charge in [0.25, 0.3) is 0 Å². The third-order valence-corrected chi connectivity index (χ3v) is 7.64. The first kappa shape index (κ1) is 34.9. The minimum Gasteiger partial charge on any atom is -0.391 e. The van der Waals surface area contributed by atoms with Crippen LogP contribution < -0.4 is 0 Å². The molecule has 0 saturated heterocycles. The number of hydrogen-bond donors (Lipinski definition) is 2. The Morgan fingerprint density at radius 2 is 0.914 bits per heavy atom. The fourth-order valence-corrected chi connectivity index (χ4v) is 5.33. The molecule has 0 fully saturated rings. The van der Waals surface area contributed by atoms with Crippen molar-refractivity contribution in [3.63, 3.8) is 0 Å². The number of unbranched alkanes of at least 4 members (excludes halogenated alkanes) is 19. The smallest absolute Gasteiger partial charge is 0.189 e. The molecule has 3 heteroatoms. The van der Waals surface area contributed by atoms with E-state index in [-0.39, 0.29) is 6.61 Å². The number of aliphatic hydroxyl groups is 2. The van der Waals surface area contributed by atoms with Crippen molar-refractivity contribution in [1.82, 2.24) is 0 Å². The Kier molecular flexibility index (Phi) is 26.8. The van der Waals surface area contributed by atoms with Crippen molar-refractivity contribution in [3.8, 4) is 0 Å². The number of aliphatic hydroxyl groups excluding tert-OH is 1. The van der Waals surface area contributed by atoms with E-state index in [1.807, 2.05) is 0 Å². The van der Waals surface area contributed by atoms with Gasteiger partial charge in [0.2, 0.25) is 0 Å². The van der Waals surface area contributed by atoms with Crippen LogP contribution in [0, 0.1) is 5.92 Å². The lowest BCUT2D eigenvalue weighted by molar-refractivity contribution is -0.234. The second-order valence-electron chi connectivity index (χ2n) is 11.3. The van der Waals surface area contributed by atoms with Gasteiger partial charge in [0.15, 0.2) is 5.79 Å². The molecule has 0 spiro atoms. The first-order chi connectivity index (χ1) is 17.1. The highest BCUT2D eigenvalue weighted by atomic mass is 16.6. The van der Waals surface area contributed by atoms with Crippen LogP contribution in [0.3, 0.4) is 0 Å². The summed E-state index contributed by atoms with van der Waals surface area (Å²) in [6.07, 6.45) is 32.2. The molecule has 3 nitrogen and oxygen atoms in total. The highest BCUT2D eigenvalue weighted by Gasteiger charge is 2.30. The minimum absolute atomic E-state index is 0.292. The Labute approximate surface area is 221 Å². The fraction of sp³-hybridized carbons (Fsp3) is 1.00. The Balaban J connectivity index is 3.55. The van der Waals surface area contributed by atoms with Crippen LogP contribution in [-0.4, -0.2) is 29.2 Å². The second kappa shape index (κ2) is 26.9. The van der Waals surface area contributed by atoms with E-state index in [0.29, 0.717) is 18.9 Å². The third kappa shape index (κ3) is 24.0. The number of hydrogen-bond acceptors (Lipinski definition) is 3. The van der Waals surface area contributed by atoms with Gasteiger partial charge in [-0.15, -0.1) is 0 Å². The lowest BCUT2D eigenvalue weighted by atomic mass is 9.89. The maximum absolute atomic E-state index is 10.7. The highest BCUT2D eigenvalue weighted by Crippen LogP contribution is 2.27. The molecule has 0 aliphatic heterocycles. The Bertz CT molecular complexity index is 400. The first-order valence-electron chi connectivity index (χ1n) is 16.1. The summed E-state index contributed by atoms with van der Waals surface area (Å²) >= 11 is 0. The van der Waals surface area contributed by atoms with E-state index in [1.54, 1.807) is 0 Å². The summed E-state index contributed by atoms with van der Waals surface area (Å²) in [5.74, 6) is -0.898. The molecule has 0 aromatic heterocycles. The molecule has 2 atom stereocenters. The predicted molar refractivity (Wildman–Crippen MR) is 154 cm³/mol. The van der Waals surface area contributed by atoms with Crippen molar-refractivity contribution in [1.29, 1.82) is 0 Å². The molecule has 0 radical (unpaired) electrons. The summed E-state index contributed by atoms with van der Waals surface area (Å²) in [7, 11) is 0. The topological polar surface area (TPSA) is 49.7 Å². The molecule has 2 N–H and O–H groups in total. The van der Waals surface area contributed by atoms with Crippen LogP contribution >= 0.6 is 0 Å². The molecule has 0 amide bonds. The van der Waals surface area contributed by atoms with E-state index in [1.165, 1.54) is 122 Å². The van der Waals surface area contributed by atoms with Gasteiger partial charge in [0.05, 0.1) is 13.2 Å². The van der Waals surface area contributed by atoms with Gasteiger partial charge in [-0.3, -0.25) is 0 Å². The van der Waals surface area contributed by atoms with Crippen LogP contribution in [0.25, 0.3) is 0 Å². The quantitative estimate of drug-likeness (QED) is 0.0796. The zero-order valence-corrected chi connectivity index (χ0v) is 24.5. The molecule has 35 heavy (non-hydrogen) atoms. The van der Waals surface area contributed by atoms with Crippen molar-refractivity contribution in [3.05, 3.63) is 0 Å². The standard InChI is InChI=1S/C32H66O3/c1-4-7-9-10-11-12-13-14-15-16-17-18-19-20-21-22-23-25-28-35-32(34,30-33)29-31(26-6-3)27-24-8-5-2/h31,33-34H,4-30H2,1-3H3. The third-order valence-electron chi connectivity index (χ3n) is 7.64. The molecule has 0 aromatic carbocycles. The molecule has 0 rings (SSSR count). The molecule has 0 saturated carbocycles. The average molecular weight is 499 g/mol. The lowest BCUT2D eigenvalue weighted by Gasteiger charge is -2.30. The predicted octanol–water partition coefficient (Wildman–Crippen LogP) is 10.1. The van der Waals surface area contributed by atoms with Crippen molar-refractivity contribution >= 4 is 0 Å². The summed E-state index contributed by atoms with van der Waals surface area (Å²) < 4.78 is 5.80. The molecule has 0 bridgehead atoms. The van der Waals surface area contributed by atoms with Crippen molar-refractivity contribution in [2.75, 3.05) is 13.2 Å². The largest absolute Gasteiger partial charge is 0.391 e. The molecular formula is C32H66O3. The summed E-state index contributed by atoms with van der Waals surface area (Å²) in [5, 5.41) is 20.5. The second-order valence-corrected chi connectivity index (χ2v) is 11.3. The van der Waals surface area contributed by atoms with Gasteiger partial charge >= 0.3 is 0 Å². The number of rotatable bonds is 29. The van der Waals surface area contributed by atoms with Gasteiger partial charge in [-0.25, -0.2) is 0 Å². The van der Waals surface area contributed by atoms with Gasteiger partial charge < -0.3 is 14.9 Å². The van der Waals surface area contributed by atoms with Gasteiger partial charge in [0.1, 0.15) is 0 Å². The Morgan fingerprint density at radius 1 is 0.514 bits per heavy atom. The summed E-state index contributed by atoms with van der Waals surface area (Å²) in [6, 6.07) is 0. The normalized spacial score (nSPS) is 14.3. The van der Waals surface area contributed by atoms with Crippen LogP contribution in [0.15, 0.2) is 0 Å². The average Bonchev–Trinajstić information content (AvgIpc) is 2.85. The lowest BCUT2D eigenvalue weighted by Crippen LogP contribution is -2.39. The van der Waals surface area contributed by atoms with Crippen molar-refractivity contribution in [2.24, 2.45) is 5.92 Å². The van der Waals surface area contributed by atoms with Gasteiger partial charge in [-0.1, -0.05) is 168 Å². The van der Waals surface area contributed by atoms with E-state index in [4.69, 9.17) is 4.74 Å². The molecule has 0 aromatic rings. The first-order valence-corrected chi connectivity index (χ1v) is 16.1. The van der Waals surface area contributed by atoms with Crippen LogP contribution in [0.1, 0.15) is 181 Å². The van der Waals surface area contributed by atoms with E-state index in [9.17, 15) is 10.2 Å². The minimum atomic E-state index is -1.35. The van der Waals surface area contributed by atoms with Gasteiger partial charge in [0, 0.05) is 6.42 Å². The Morgan fingerprint density at radius 3 is 1.31 bits per heavy atom. The molecule has 212 valence electrons. The monoisotopic (exact) mass is 499 g/mol. The molecule has 0 aliphatic rings. The molecule has 2 unspecified atom stereocenters. The maximum atomic E-state index is 10.7. The van der Waals surface area contributed by atoms with E-state index >= 15 is 0 Å². The van der Waals surface area contributed by atoms with Crippen LogP contribution in [0.2, 0.25) is 0 Å². The Hall–Kier alpha value is -0.120. The van der Waals surface area contributed by atoms with Gasteiger partial charge in [-0.2, -0.15) is 0 Å². The maximum Gasteiger partial charge on any atom is 0.189 e. The van der Waals surface area contributed by atoms with Crippen molar-refractivity contribution in [2.45, 2.75) is 187 Å². The summed E-state index contributed by atoms with van der Waals surface area (Å²) in [6.45, 7) is 6.98.